The van der Waals surface area contributed by atoms with Crippen LogP contribution in [0.2, 0.25) is 0 Å². The van der Waals surface area contributed by atoms with Crippen molar-refractivity contribution in [3.05, 3.63) is 37.2 Å². The molecule has 0 aromatic carbocycles. The smallest absolute Gasteiger partial charge is 0.276 e. The second-order valence-corrected chi connectivity index (χ2v) is 2.51. The topological polar surface area (TPSA) is 54.9 Å². The van der Waals surface area contributed by atoms with Gasteiger partial charge in [0.25, 0.3) is 5.56 Å². The van der Waals surface area contributed by atoms with Gasteiger partial charge in [0.2, 0.25) is 0 Å². The summed E-state index contributed by atoms with van der Waals surface area (Å²) < 4.78 is 2.96. The van der Waals surface area contributed by atoms with Gasteiger partial charge in [-0.1, -0.05) is 22.6 Å². The Morgan fingerprint density at radius 2 is 2.27 bits per heavy atom. The predicted octanol–water partition coefficient (Wildman–Crippen LogP) is 0.400. The van der Waals surface area contributed by atoms with E-state index >= 15 is 0 Å². The standard InChI is InChI=1S/C6H5IN2O2/c7-2-4-9-3-1-5(10)8-6(9)11/h1-4H,(H,8,10,11)/b4-2+. The largest absolute Gasteiger partial charge is 0.332 e. The van der Waals surface area contributed by atoms with Crippen LogP contribution in [0, 0.1) is 0 Å². The van der Waals surface area contributed by atoms with E-state index in [9.17, 15) is 9.59 Å². The molecule has 1 aromatic heterocycles. The van der Waals surface area contributed by atoms with Crippen LogP contribution in [0.1, 0.15) is 0 Å². The average Bonchev–Trinajstić information content (AvgIpc) is 1.95. The molecule has 0 bridgehead atoms. The fourth-order valence-corrected chi connectivity index (χ4v) is 0.952. The van der Waals surface area contributed by atoms with Crippen LogP contribution >= 0.6 is 22.6 Å². The molecule has 1 heterocycles. The van der Waals surface area contributed by atoms with Crippen LogP contribution in [-0.4, -0.2) is 9.55 Å². The van der Waals surface area contributed by atoms with Crippen molar-refractivity contribution < 1.29 is 0 Å². The number of H-pyrrole nitrogens is 1. The van der Waals surface area contributed by atoms with Crippen molar-refractivity contribution >= 4 is 28.8 Å². The third-order valence-electron chi connectivity index (χ3n) is 1.07. The van der Waals surface area contributed by atoms with Gasteiger partial charge in [0.1, 0.15) is 0 Å². The molecular weight excluding hydrogens is 259 g/mol. The van der Waals surface area contributed by atoms with E-state index < -0.39 is 5.69 Å². The number of nitrogens with zero attached hydrogens (tertiary/aromatic N) is 1. The zero-order valence-electron chi connectivity index (χ0n) is 5.45. The molecular formula is C6H5IN2O2. The molecule has 0 fully saturated rings. The third kappa shape index (κ3) is 2.04. The quantitative estimate of drug-likeness (QED) is 0.746. The lowest BCUT2D eigenvalue weighted by atomic mass is 10.6. The van der Waals surface area contributed by atoms with Gasteiger partial charge >= 0.3 is 5.69 Å². The highest BCUT2D eigenvalue weighted by Crippen LogP contribution is 1.85. The molecule has 0 saturated heterocycles. The second-order valence-electron chi connectivity index (χ2n) is 1.79. The number of rotatable bonds is 1. The molecule has 0 aliphatic carbocycles. The van der Waals surface area contributed by atoms with Crippen molar-refractivity contribution in [1.82, 2.24) is 9.55 Å². The van der Waals surface area contributed by atoms with Gasteiger partial charge in [-0.05, 0) is 4.08 Å². The Hall–Kier alpha value is -0.850. The van der Waals surface area contributed by atoms with E-state index in [0.29, 0.717) is 0 Å². The van der Waals surface area contributed by atoms with Crippen LogP contribution in [0.4, 0.5) is 0 Å². The first-order valence-electron chi connectivity index (χ1n) is 2.82. The molecule has 0 saturated carbocycles. The second kappa shape index (κ2) is 3.51. The zero-order chi connectivity index (χ0) is 8.27. The molecule has 1 aromatic rings. The molecule has 0 atom stereocenters. The molecule has 0 radical (unpaired) electrons. The Morgan fingerprint density at radius 1 is 1.55 bits per heavy atom. The van der Waals surface area contributed by atoms with E-state index in [-0.39, 0.29) is 5.56 Å². The molecule has 1 N–H and O–H groups in total. The van der Waals surface area contributed by atoms with Crippen molar-refractivity contribution in [1.29, 1.82) is 0 Å². The van der Waals surface area contributed by atoms with Crippen LogP contribution in [0.25, 0.3) is 6.20 Å². The maximum Gasteiger partial charge on any atom is 0.332 e. The fraction of sp³-hybridized carbons (Fsp3) is 0. The van der Waals surface area contributed by atoms with E-state index in [0.717, 1.165) is 0 Å². The van der Waals surface area contributed by atoms with Crippen LogP contribution in [0.15, 0.2) is 25.9 Å². The van der Waals surface area contributed by atoms with Crippen molar-refractivity contribution in [2.45, 2.75) is 0 Å². The van der Waals surface area contributed by atoms with Crippen molar-refractivity contribution in [3.63, 3.8) is 0 Å². The molecule has 58 valence electrons. The normalized spacial score (nSPS) is 10.6. The molecule has 11 heavy (non-hydrogen) atoms. The lowest BCUT2D eigenvalue weighted by Gasteiger charge is -1.92. The zero-order valence-corrected chi connectivity index (χ0v) is 7.61. The van der Waals surface area contributed by atoms with Crippen molar-refractivity contribution in [2.24, 2.45) is 0 Å². The van der Waals surface area contributed by atoms with E-state index in [2.05, 4.69) is 4.98 Å². The Balaban J connectivity index is 3.31. The molecule has 0 aliphatic heterocycles. The molecule has 5 heteroatoms. The van der Waals surface area contributed by atoms with Crippen LogP contribution in [0.3, 0.4) is 0 Å². The number of nitrogens with one attached hydrogen (secondary N) is 1. The summed E-state index contributed by atoms with van der Waals surface area (Å²) in [6.45, 7) is 0. The monoisotopic (exact) mass is 264 g/mol. The molecule has 1 rings (SSSR count). The SMILES string of the molecule is O=c1ccn(/C=C/I)c(=O)[nH]1. The Morgan fingerprint density at radius 3 is 2.82 bits per heavy atom. The van der Waals surface area contributed by atoms with Gasteiger partial charge in [0.05, 0.1) is 0 Å². The number of hydrogen-bond acceptors (Lipinski definition) is 2. The van der Waals surface area contributed by atoms with E-state index in [1.54, 1.807) is 10.3 Å². The summed E-state index contributed by atoms with van der Waals surface area (Å²) in [7, 11) is 0. The fourth-order valence-electron chi connectivity index (χ4n) is 0.605. The number of aromatic amines is 1. The highest BCUT2D eigenvalue weighted by molar-refractivity contribution is 14.1. The number of halogens is 1. The Labute approximate surface area is 75.7 Å². The molecule has 4 nitrogen and oxygen atoms in total. The van der Waals surface area contributed by atoms with Gasteiger partial charge in [0.15, 0.2) is 0 Å². The lowest BCUT2D eigenvalue weighted by molar-refractivity contribution is 0.939. The first kappa shape index (κ1) is 8.25. The maximum atomic E-state index is 10.9. The minimum absolute atomic E-state index is 0.381. The Bertz CT molecular complexity index is 377. The van der Waals surface area contributed by atoms with Crippen LogP contribution < -0.4 is 11.2 Å². The van der Waals surface area contributed by atoms with Gasteiger partial charge < -0.3 is 0 Å². The summed E-state index contributed by atoms with van der Waals surface area (Å²) >= 11 is 1.98. The summed E-state index contributed by atoms with van der Waals surface area (Å²) in [6.07, 6.45) is 2.97. The first-order chi connectivity index (χ1) is 5.24. The van der Waals surface area contributed by atoms with Gasteiger partial charge in [-0.2, -0.15) is 0 Å². The average molecular weight is 264 g/mol. The van der Waals surface area contributed by atoms with Gasteiger partial charge in [0, 0.05) is 18.5 Å². The lowest BCUT2D eigenvalue weighted by Crippen LogP contribution is -2.25. The highest BCUT2D eigenvalue weighted by atomic mass is 127. The maximum absolute atomic E-state index is 10.9. The van der Waals surface area contributed by atoms with Crippen LogP contribution in [0.5, 0.6) is 0 Å². The minimum atomic E-state index is -0.426. The van der Waals surface area contributed by atoms with E-state index in [1.807, 2.05) is 22.6 Å². The van der Waals surface area contributed by atoms with Gasteiger partial charge in [-0.15, -0.1) is 0 Å². The summed E-state index contributed by atoms with van der Waals surface area (Å²) in [4.78, 5) is 23.6. The highest BCUT2D eigenvalue weighted by Gasteiger charge is 1.88. The summed E-state index contributed by atoms with van der Waals surface area (Å²) in [5.41, 5.74) is -0.807. The molecule has 0 amide bonds. The van der Waals surface area contributed by atoms with Crippen LogP contribution in [-0.2, 0) is 0 Å². The predicted molar refractivity (Wildman–Crippen MR) is 50.7 cm³/mol. The number of hydrogen-bond donors (Lipinski definition) is 1. The van der Waals surface area contributed by atoms with E-state index in [1.165, 1.54) is 16.8 Å². The molecule has 0 spiro atoms. The van der Waals surface area contributed by atoms with Gasteiger partial charge in [-0.3, -0.25) is 14.3 Å². The molecule has 0 unspecified atom stereocenters. The third-order valence-corrected chi connectivity index (χ3v) is 1.39. The van der Waals surface area contributed by atoms with Crippen molar-refractivity contribution in [3.8, 4) is 0 Å². The molecule has 0 aliphatic rings. The van der Waals surface area contributed by atoms with E-state index in [4.69, 9.17) is 0 Å². The van der Waals surface area contributed by atoms with Crippen molar-refractivity contribution in [2.75, 3.05) is 0 Å². The minimum Gasteiger partial charge on any atom is -0.276 e. The summed E-state index contributed by atoms with van der Waals surface area (Å²) in [5, 5.41) is 0. The summed E-state index contributed by atoms with van der Waals surface area (Å²) in [5.74, 6) is 0. The first-order valence-corrected chi connectivity index (χ1v) is 4.07. The van der Waals surface area contributed by atoms with Gasteiger partial charge in [-0.25, -0.2) is 4.79 Å². The Kier molecular flexibility index (Phi) is 2.64. The summed E-state index contributed by atoms with van der Waals surface area (Å²) in [6, 6.07) is 1.29. The number of aromatic nitrogens is 2.